The Hall–Kier alpha value is -1.98. The van der Waals surface area contributed by atoms with Gasteiger partial charge >= 0.3 is 10.8 Å². The van der Waals surface area contributed by atoms with E-state index in [1.54, 1.807) is 0 Å². The number of aromatic amines is 1. The highest BCUT2D eigenvalue weighted by molar-refractivity contribution is 7.89. The number of aromatic nitrogens is 3. The highest BCUT2D eigenvalue weighted by Crippen LogP contribution is 2.08. The number of sulfonamides is 1. The zero-order valence-corrected chi connectivity index (χ0v) is 11.6. The van der Waals surface area contributed by atoms with E-state index in [0.29, 0.717) is 5.69 Å². The average molecular weight is 318 g/mol. The molecule has 0 aromatic carbocycles. The number of carbonyl (C=O) groups is 1. The summed E-state index contributed by atoms with van der Waals surface area (Å²) in [4.78, 5) is 23.4. The highest BCUT2D eigenvalue weighted by atomic mass is 32.2. The average Bonchev–Trinajstić information content (AvgIpc) is 2.95. The monoisotopic (exact) mass is 318 g/mol. The lowest BCUT2D eigenvalue weighted by atomic mass is 10.5. The molecule has 0 bridgehead atoms. The number of carboxylic acids is 1. The largest absolute Gasteiger partial charge is 0.480 e. The summed E-state index contributed by atoms with van der Waals surface area (Å²) < 4.78 is 27.1. The number of aliphatic carboxylic acids is 1. The van der Waals surface area contributed by atoms with Crippen LogP contribution in [0.15, 0.2) is 27.5 Å². The van der Waals surface area contributed by atoms with Crippen LogP contribution in [0.2, 0.25) is 0 Å². The molecule has 0 aliphatic rings. The second-order valence-electron chi connectivity index (χ2n) is 3.77. The number of nitrogens with one attached hydrogen (secondary N) is 2. The van der Waals surface area contributed by atoms with Crippen molar-refractivity contribution >= 4 is 27.3 Å². The van der Waals surface area contributed by atoms with Crippen molar-refractivity contribution in [1.29, 1.82) is 0 Å². The first-order valence-electron chi connectivity index (χ1n) is 5.27. The Bertz CT molecular complexity index is 772. The molecule has 2 aromatic rings. The summed E-state index contributed by atoms with van der Waals surface area (Å²) in [7, 11) is -3.81. The van der Waals surface area contributed by atoms with Crippen LogP contribution in [0, 0.1) is 0 Å². The molecule has 0 saturated heterocycles. The third-order valence-corrected chi connectivity index (χ3v) is 4.31. The predicted molar refractivity (Wildman–Crippen MR) is 68.8 cm³/mol. The van der Waals surface area contributed by atoms with Gasteiger partial charge in [0.05, 0.1) is 12.7 Å². The smallest absolute Gasteiger partial charge is 0.325 e. The molecule has 9 nitrogen and oxygen atoms in total. The summed E-state index contributed by atoms with van der Waals surface area (Å²) in [6.07, 6.45) is 2.18. The molecule has 0 aliphatic carbocycles. The van der Waals surface area contributed by atoms with Crippen LogP contribution in [-0.2, 0) is 27.9 Å². The quantitative estimate of drug-likeness (QED) is 0.638. The predicted octanol–water partition coefficient (Wildman–Crippen LogP) is -0.804. The third-order valence-electron chi connectivity index (χ3n) is 2.24. The Morgan fingerprint density at radius 3 is 2.90 bits per heavy atom. The van der Waals surface area contributed by atoms with Crippen LogP contribution in [0.1, 0.15) is 5.69 Å². The zero-order chi connectivity index (χ0) is 14.8. The van der Waals surface area contributed by atoms with Crippen molar-refractivity contribution in [2.75, 3.05) is 0 Å². The summed E-state index contributed by atoms with van der Waals surface area (Å²) in [5.41, 5.74) is 0.446. The maximum atomic E-state index is 11.9. The maximum absolute atomic E-state index is 11.9. The number of rotatable bonds is 6. The normalized spacial score (nSPS) is 11.6. The molecule has 2 heterocycles. The Morgan fingerprint density at radius 1 is 1.55 bits per heavy atom. The SMILES string of the molecule is O=C(O)Cn1cc(S(=O)(=O)NCc2csc(=O)[nH]2)cn1. The van der Waals surface area contributed by atoms with E-state index in [9.17, 15) is 18.0 Å². The number of hydrogen-bond acceptors (Lipinski definition) is 6. The molecule has 0 unspecified atom stereocenters. The van der Waals surface area contributed by atoms with Crippen molar-refractivity contribution in [2.24, 2.45) is 0 Å². The van der Waals surface area contributed by atoms with Gasteiger partial charge in [0, 0.05) is 17.3 Å². The van der Waals surface area contributed by atoms with E-state index in [-0.39, 0.29) is 16.3 Å². The number of nitrogens with zero attached hydrogens (tertiary/aromatic N) is 2. The van der Waals surface area contributed by atoms with Crippen molar-refractivity contribution in [2.45, 2.75) is 18.0 Å². The van der Waals surface area contributed by atoms with E-state index < -0.39 is 22.5 Å². The van der Waals surface area contributed by atoms with Gasteiger partial charge in [0.1, 0.15) is 11.4 Å². The fraction of sp³-hybridized carbons (Fsp3) is 0.222. The molecule has 11 heteroatoms. The second kappa shape index (κ2) is 5.56. The van der Waals surface area contributed by atoms with Crippen LogP contribution in [0.5, 0.6) is 0 Å². The van der Waals surface area contributed by atoms with Gasteiger partial charge in [0.15, 0.2) is 0 Å². The summed E-state index contributed by atoms with van der Waals surface area (Å²) in [5, 5.41) is 13.7. The third kappa shape index (κ3) is 3.53. The molecule has 2 rings (SSSR count). The van der Waals surface area contributed by atoms with Crippen LogP contribution in [0.3, 0.4) is 0 Å². The van der Waals surface area contributed by atoms with E-state index in [0.717, 1.165) is 28.4 Å². The minimum absolute atomic E-state index is 0.0643. The zero-order valence-electron chi connectivity index (χ0n) is 9.94. The van der Waals surface area contributed by atoms with Gasteiger partial charge < -0.3 is 10.1 Å². The van der Waals surface area contributed by atoms with Crippen molar-refractivity contribution in [3.05, 3.63) is 33.1 Å². The van der Waals surface area contributed by atoms with Crippen molar-refractivity contribution in [3.8, 4) is 0 Å². The molecular weight excluding hydrogens is 308 g/mol. The molecule has 2 aromatic heterocycles. The van der Waals surface area contributed by atoms with Crippen molar-refractivity contribution < 1.29 is 18.3 Å². The Balaban J connectivity index is 2.08. The molecule has 0 atom stereocenters. The highest BCUT2D eigenvalue weighted by Gasteiger charge is 2.17. The van der Waals surface area contributed by atoms with Crippen molar-refractivity contribution in [3.63, 3.8) is 0 Å². The topological polar surface area (TPSA) is 134 Å². The van der Waals surface area contributed by atoms with Crippen LogP contribution in [0.25, 0.3) is 0 Å². The molecule has 0 fully saturated rings. The number of H-pyrrole nitrogens is 1. The minimum atomic E-state index is -3.81. The van der Waals surface area contributed by atoms with Crippen LogP contribution < -0.4 is 9.60 Å². The lowest BCUT2D eigenvalue weighted by molar-refractivity contribution is -0.137. The lowest BCUT2D eigenvalue weighted by Crippen LogP contribution is -2.23. The Morgan fingerprint density at radius 2 is 2.30 bits per heavy atom. The van der Waals surface area contributed by atoms with Gasteiger partial charge in [0.25, 0.3) is 0 Å². The summed E-state index contributed by atoms with van der Waals surface area (Å²) >= 11 is 0.934. The molecule has 108 valence electrons. The van der Waals surface area contributed by atoms with Gasteiger partial charge in [-0.15, -0.1) is 0 Å². The van der Waals surface area contributed by atoms with Gasteiger partial charge in [-0.25, -0.2) is 13.1 Å². The van der Waals surface area contributed by atoms with Gasteiger partial charge in [-0.2, -0.15) is 5.10 Å². The van der Waals surface area contributed by atoms with Crippen LogP contribution >= 0.6 is 11.3 Å². The molecule has 0 spiro atoms. The molecule has 3 N–H and O–H groups in total. The number of thiazole rings is 1. The van der Waals surface area contributed by atoms with Gasteiger partial charge in [-0.05, 0) is 0 Å². The van der Waals surface area contributed by atoms with E-state index >= 15 is 0 Å². The Kier molecular flexibility index (Phi) is 4.01. The number of hydrogen-bond donors (Lipinski definition) is 3. The molecule has 0 aliphatic heterocycles. The summed E-state index contributed by atoms with van der Waals surface area (Å²) in [6, 6.07) is 0. The van der Waals surface area contributed by atoms with Gasteiger partial charge in [-0.3, -0.25) is 14.3 Å². The molecular formula is C9H10N4O5S2. The lowest BCUT2D eigenvalue weighted by Gasteiger charge is -2.02. The summed E-state index contributed by atoms with van der Waals surface area (Å²) in [6.45, 7) is -0.488. The first-order valence-corrected chi connectivity index (χ1v) is 7.64. The fourth-order valence-electron chi connectivity index (χ4n) is 1.37. The van der Waals surface area contributed by atoms with Crippen LogP contribution in [0.4, 0.5) is 0 Å². The maximum Gasteiger partial charge on any atom is 0.325 e. The van der Waals surface area contributed by atoms with E-state index in [1.807, 2.05) is 0 Å². The van der Waals surface area contributed by atoms with Gasteiger partial charge in [0.2, 0.25) is 10.0 Å². The van der Waals surface area contributed by atoms with Crippen molar-refractivity contribution in [1.82, 2.24) is 19.5 Å². The Labute approximate surface area is 116 Å². The molecule has 0 amide bonds. The first-order chi connectivity index (χ1) is 9.37. The standard InChI is InChI=1S/C9H10N4O5S2/c14-8(15)4-13-3-7(2-10-13)20(17,18)11-1-6-5-19-9(16)12-6/h2-3,5,11H,1,4H2,(H,12,16)(H,14,15). The number of carboxylic acid groups (broad SMARTS) is 1. The second-order valence-corrected chi connectivity index (χ2v) is 6.37. The van der Waals surface area contributed by atoms with Crippen LogP contribution in [-0.4, -0.2) is 34.3 Å². The van der Waals surface area contributed by atoms with E-state index in [1.165, 1.54) is 5.38 Å². The molecule has 0 radical (unpaired) electrons. The van der Waals surface area contributed by atoms with Gasteiger partial charge in [-0.1, -0.05) is 11.3 Å². The van der Waals surface area contributed by atoms with E-state index in [2.05, 4.69) is 14.8 Å². The van der Waals surface area contributed by atoms with E-state index in [4.69, 9.17) is 5.11 Å². The fourth-order valence-corrected chi connectivity index (χ4v) is 2.91. The first kappa shape index (κ1) is 14.4. The molecule has 20 heavy (non-hydrogen) atoms. The summed E-state index contributed by atoms with van der Waals surface area (Å²) in [5.74, 6) is -1.12. The minimum Gasteiger partial charge on any atom is -0.480 e. The molecule has 0 saturated carbocycles.